The summed E-state index contributed by atoms with van der Waals surface area (Å²) in [7, 11) is 0. The number of nitrogens with zero attached hydrogens (tertiary/aromatic N) is 1. The van der Waals surface area contributed by atoms with Crippen LogP contribution in [0.25, 0.3) is 11.1 Å². The minimum atomic E-state index is -1.19. The fourth-order valence-electron chi connectivity index (χ4n) is 4.75. The molecule has 0 saturated carbocycles. The zero-order chi connectivity index (χ0) is 27.4. The molecule has 0 fully saturated rings. The summed E-state index contributed by atoms with van der Waals surface area (Å²) in [6.45, 7) is 1.08. The van der Waals surface area contributed by atoms with Gasteiger partial charge in [-0.3, -0.25) is 18.8 Å². The third-order valence-corrected chi connectivity index (χ3v) is 6.70. The van der Waals surface area contributed by atoms with Gasteiger partial charge in [-0.1, -0.05) is 36.4 Å². The molecule has 1 aliphatic rings. The van der Waals surface area contributed by atoms with Gasteiger partial charge in [-0.15, -0.1) is 0 Å². The van der Waals surface area contributed by atoms with Crippen LogP contribution in [-0.2, 0) is 20.8 Å². The van der Waals surface area contributed by atoms with Crippen LogP contribution in [0.3, 0.4) is 0 Å². The molecule has 1 unspecified atom stereocenters. The smallest absolute Gasteiger partial charge is 0.256 e. The molecule has 6 nitrogen and oxygen atoms in total. The Balaban J connectivity index is 1.70. The third kappa shape index (κ3) is 5.41. The van der Waals surface area contributed by atoms with E-state index in [1.165, 1.54) is 0 Å². The summed E-state index contributed by atoms with van der Waals surface area (Å²) >= 11 is 0. The first-order chi connectivity index (χ1) is 18.2. The SMILES string of the molecule is CC1C(=O)N(C(=O)[C@H](CCCCF)NC(=O)Cc2ccc(F)cc2F)c2cccc(N)c2-c2ccccc21. The van der Waals surface area contributed by atoms with Crippen molar-refractivity contribution in [2.75, 3.05) is 17.3 Å². The van der Waals surface area contributed by atoms with E-state index >= 15 is 0 Å². The van der Waals surface area contributed by atoms with Gasteiger partial charge in [0.1, 0.15) is 17.7 Å². The maximum Gasteiger partial charge on any atom is 0.256 e. The average molecular weight is 524 g/mol. The van der Waals surface area contributed by atoms with Crippen molar-refractivity contribution in [1.29, 1.82) is 0 Å². The summed E-state index contributed by atoms with van der Waals surface area (Å²) in [6, 6.07) is 13.8. The zero-order valence-electron chi connectivity index (χ0n) is 20.8. The first-order valence-electron chi connectivity index (χ1n) is 12.4. The van der Waals surface area contributed by atoms with Gasteiger partial charge in [-0.25, -0.2) is 13.7 Å². The number of imide groups is 1. The number of benzene rings is 3. The van der Waals surface area contributed by atoms with Gasteiger partial charge in [0.05, 0.1) is 24.7 Å². The Morgan fingerprint density at radius 3 is 2.55 bits per heavy atom. The van der Waals surface area contributed by atoms with Crippen molar-refractivity contribution in [2.24, 2.45) is 0 Å². The molecule has 4 rings (SSSR count). The van der Waals surface area contributed by atoms with Crippen molar-refractivity contribution in [1.82, 2.24) is 5.32 Å². The highest BCUT2D eigenvalue weighted by atomic mass is 19.1. The second-order valence-electron chi connectivity index (χ2n) is 9.28. The van der Waals surface area contributed by atoms with Crippen molar-refractivity contribution in [2.45, 2.75) is 44.6 Å². The summed E-state index contributed by atoms with van der Waals surface area (Å²) in [5.41, 5.74) is 8.88. The Morgan fingerprint density at radius 1 is 1.05 bits per heavy atom. The van der Waals surface area contributed by atoms with E-state index in [0.717, 1.165) is 22.6 Å². The summed E-state index contributed by atoms with van der Waals surface area (Å²) in [5, 5.41) is 2.59. The first-order valence-corrected chi connectivity index (χ1v) is 12.4. The van der Waals surface area contributed by atoms with E-state index in [-0.39, 0.29) is 30.5 Å². The molecule has 0 spiro atoms. The number of nitrogen functional groups attached to an aromatic ring is 1. The molecule has 0 bridgehead atoms. The summed E-state index contributed by atoms with van der Waals surface area (Å²) in [4.78, 5) is 41.6. The van der Waals surface area contributed by atoms with E-state index in [1.807, 2.05) is 12.1 Å². The van der Waals surface area contributed by atoms with E-state index in [2.05, 4.69) is 5.32 Å². The quantitative estimate of drug-likeness (QED) is 0.319. The molecule has 3 aromatic carbocycles. The van der Waals surface area contributed by atoms with E-state index < -0.39 is 54.4 Å². The first kappa shape index (κ1) is 26.9. The van der Waals surface area contributed by atoms with Crippen LogP contribution in [0.15, 0.2) is 60.7 Å². The van der Waals surface area contributed by atoms with Crippen LogP contribution in [0.5, 0.6) is 0 Å². The minimum Gasteiger partial charge on any atom is -0.398 e. The molecule has 0 radical (unpaired) electrons. The van der Waals surface area contributed by atoms with Crippen molar-refractivity contribution < 1.29 is 27.6 Å². The van der Waals surface area contributed by atoms with Crippen molar-refractivity contribution in [3.8, 4) is 11.1 Å². The number of nitrogens with one attached hydrogen (secondary N) is 1. The van der Waals surface area contributed by atoms with Crippen molar-refractivity contribution in [3.05, 3.63) is 83.4 Å². The largest absolute Gasteiger partial charge is 0.398 e. The van der Waals surface area contributed by atoms with Gasteiger partial charge < -0.3 is 11.1 Å². The fourth-order valence-corrected chi connectivity index (χ4v) is 4.75. The molecular formula is C29H28F3N3O3. The zero-order valence-corrected chi connectivity index (χ0v) is 20.8. The standard InChI is InChI=1S/C29H28F3N3O3/c1-17-20-7-2-3-8-21(20)27-23(33)9-6-11-25(27)35(28(17)37)29(38)24(10-4-5-14-30)34-26(36)15-18-12-13-19(31)16-22(18)32/h2-3,6-9,11-13,16-17,24H,4-5,10,14-15,33H2,1H3,(H,34,36)/t17?,24-/m0/s1. The molecular weight excluding hydrogens is 495 g/mol. The topological polar surface area (TPSA) is 92.5 Å². The number of rotatable bonds is 8. The van der Waals surface area contributed by atoms with Gasteiger partial charge in [0.25, 0.3) is 5.91 Å². The molecule has 3 amide bonds. The molecule has 1 heterocycles. The maximum atomic E-state index is 14.1. The number of hydrogen-bond donors (Lipinski definition) is 2. The number of carbonyl (C=O) groups is 3. The van der Waals surface area contributed by atoms with Gasteiger partial charge in [-0.2, -0.15) is 0 Å². The van der Waals surface area contributed by atoms with Crippen LogP contribution in [-0.4, -0.2) is 30.4 Å². The molecule has 9 heteroatoms. The van der Waals surface area contributed by atoms with E-state index in [4.69, 9.17) is 5.73 Å². The Hall–Kier alpha value is -4.14. The van der Waals surface area contributed by atoms with Crippen molar-refractivity contribution >= 4 is 29.1 Å². The van der Waals surface area contributed by atoms with Gasteiger partial charge in [-0.05, 0) is 61.1 Å². The Labute approximate surface area is 218 Å². The number of hydrogen-bond acceptors (Lipinski definition) is 4. The second-order valence-corrected chi connectivity index (χ2v) is 9.28. The normalized spacial score (nSPS) is 15.3. The van der Waals surface area contributed by atoms with Crippen LogP contribution in [0.4, 0.5) is 24.5 Å². The second kappa shape index (κ2) is 11.5. The lowest BCUT2D eigenvalue weighted by atomic mass is 9.92. The molecule has 2 atom stereocenters. The van der Waals surface area contributed by atoms with E-state index in [1.54, 1.807) is 37.3 Å². The van der Waals surface area contributed by atoms with E-state index in [9.17, 15) is 27.6 Å². The van der Waals surface area contributed by atoms with Gasteiger partial charge in [0, 0.05) is 17.3 Å². The van der Waals surface area contributed by atoms with Crippen LogP contribution >= 0.6 is 0 Å². The number of alkyl halides is 1. The molecule has 3 N–H and O–H groups in total. The van der Waals surface area contributed by atoms with Gasteiger partial charge in [0.15, 0.2) is 0 Å². The Kier molecular flexibility index (Phi) is 8.14. The maximum absolute atomic E-state index is 14.1. The number of halogens is 3. The van der Waals surface area contributed by atoms with Crippen LogP contribution in [0.2, 0.25) is 0 Å². The molecule has 0 saturated heterocycles. The monoisotopic (exact) mass is 523 g/mol. The summed E-state index contributed by atoms with van der Waals surface area (Å²) in [6.07, 6.45) is 0.0345. The van der Waals surface area contributed by atoms with Crippen LogP contribution in [0.1, 0.15) is 43.2 Å². The summed E-state index contributed by atoms with van der Waals surface area (Å²) < 4.78 is 40.3. The molecule has 0 aromatic heterocycles. The molecule has 3 aromatic rings. The predicted octanol–water partition coefficient (Wildman–Crippen LogP) is 5.06. The number of nitrogens with two attached hydrogens (primary N) is 1. The average Bonchev–Trinajstić information content (AvgIpc) is 2.98. The summed E-state index contributed by atoms with van der Waals surface area (Å²) in [5.74, 6) is -4.26. The van der Waals surface area contributed by atoms with Crippen LogP contribution < -0.4 is 16.0 Å². The molecule has 198 valence electrons. The highest BCUT2D eigenvalue weighted by Gasteiger charge is 2.38. The minimum absolute atomic E-state index is 0.0492. The highest BCUT2D eigenvalue weighted by Crippen LogP contribution is 2.44. The number of fused-ring (bicyclic) bond motifs is 3. The molecule has 38 heavy (non-hydrogen) atoms. The number of unbranched alkanes of at least 4 members (excludes halogenated alkanes) is 1. The Bertz CT molecular complexity index is 1380. The van der Waals surface area contributed by atoms with Crippen LogP contribution in [0, 0.1) is 11.6 Å². The third-order valence-electron chi connectivity index (χ3n) is 6.70. The van der Waals surface area contributed by atoms with Crippen molar-refractivity contribution in [3.63, 3.8) is 0 Å². The highest BCUT2D eigenvalue weighted by molar-refractivity contribution is 6.22. The predicted molar refractivity (Wildman–Crippen MR) is 139 cm³/mol. The number of carbonyl (C=O) groups excluding carboxylic acids is 3. The number of amides is 3. The van der Waals surface area contributed by atoms with Gasteiger partial charge >= 0.3 is 0 Å². The van der Waals surface area contributed by atoms with E-state index in [0.29, 0.717) is 22.9 Å². The van der Waals surface area contributed by atoms with Gasteiger partial charge in [0.2, 0.25) is 11.8 Å². The fraction of sp³-hybridized carbons (Fsp3) is 0.276. The lowest BCUT2D eigenvalue weighted by molar-refractivity contribution is -0.131. The molecule has 1 aliphatic heterocycles. The Morgan fingerprint density at radius 2 is 1.82 bits per heavy atom. The number of anilines is 2. The lowest BCUT2D eigenvalue weighted by Gasteiger charge is -2.28. The lowest BCUT2D eigenvalue weighted by Crippen LogP contribution is -2.52. The molecule has 0 aliphatic carbocycles.